The van der Waals surface area contributed by atoms with Gasteiger partial charge in [0.2, 0.25) is 0 Å². The molecule has 0 bridgehead atoms. The molecule has 0 aromatic rings. The molecule has 0 aliphatic heterocycles. The third-order valence-corrected chi connectivity index (χ3v) is 28.5. The van der Waals surface area contributed by atoms with Crippen molar-refractivity contribution in [2.45, 2.75) is 551 Å². The van der Waals surface area contributed by atoms with Gasteiger partial charge in [-0.25, -0.2) is 0 Å². The summed E-state index contributed by atoms with van der Waals surface area (Å²) < 4.78 is 0. The average Bonchev–Trinajstić information content (AvgIpc) is 1.63. The van der Waals surface area contributed by atoms with Gasteiger partial charge in [0.25, 0.3) is 0 Å². The Balaban J connectivity index is 0.000000536. The molecule has 0 aromatic heterocycles. The van der Waals surface area contributed by atoms with E-state index in [0.717, 1.165) is 16.7 Å². The molecular formula is C96H192. The first-order valence-electron chi connectivity index (χ1n) is 44.9. The molecule has 0 nitrogen and oxygen atoms in total. The van der Waals surface area contributed by atoms with E-state index in [-0.39, 0.29) is 0 Å². The van der Waals surface area contributed by atoms with Crippen molar-refractivity contribution in [3.05, 3.63) is 0 Å². The fourth-order valence-electron chi connectivity index (χ4n) is 18.2. The molecule has 0 unspecified atom stereocenters. The van der Waals surface area contributed by atoms with E-state index in [2.05, 4.69) is 159 Å². The van der Waals surface area contributed by atoms with Crippen LogP contribution in [0.4, 0.5) is 0 Å². The Morgan fingerprint density at radius 2 is 0.333 bits per heavy atom. The van der Waals surface area contributed by atoms with E-state index in [1.165, 1.54) is 392 Å². The SMILES string of the molecule is CC(C)(C)C1(C)CCCC1.CC(C)C1(C)CCCC1.CC1(C)CCCC1.CC1(C)CCCCC1.CC1(C)CCCCCC1.CC1(C)CCCCCCC1.CC1(C)CCCCCCCCC1.CC1(C)CCCCCCCCCCC1.CCC1(C)CCCC1.CCC1(C)CCCCC1. The van der Waals surface area contributed by atoms with Gasteiger partial charge in [0.1, 0.15) is 0 Å². The molecule has 0 radical (unpaired) electrons. The van der Waals surface area contributed by atoms with Gasteiger partial charge in [-0.1, -0.05) is 422 Å². The second-order valence-electron chi connectivity index (χ2n) is 42.7. The summed E-state index contributed by atoms with van der Waals surface area (Å²) in [6, 6.07) is 0. The van der Waals surface area contributed by atoms with Crippen LogP contribution in [0.3, 0.4) is 0 Å². The summed E-state index contributed by atoms with van der Waals surface area (Å²) in [4.78, 5) is 0. The van der Waals surface area contributed by atoms with Crippen LogP contribution in [0.15, 0.2) is 0 Å². The van der Waals surface area contributed by atoms with Crippen LogP contribution < -0.4 is 0 Å². The van der Waals surface area contributed by atoms with Crippen molar-refractivity contribution in [1.29, 1.82) is 0 Å². The van der Waals surface area contributed by atoms with Gasteiger partial charge in [0.05, 0.1) is 0 Å². The van der Waals surface area contributed by atoms with Crippen LogP contribution in [0.25, 0.3) is 0 Å². The van der Waals surface area contributed by atoms with Gasteiger partial charge in [-0.2, -0.15) is 0 Å². The van der Waals surface area contributed by atoms with Crippen LogP contribution in [-0.4, -0.2) is 0 Å². The maximum absolute atomic E-state index is 2.46. The highest BCUT2D eigenvalue weighted by atomic mass is 14.4. The summed E-state index contributed by atoms with van der Waals surface area (Å²) in [6.45, 7) is 55.1. The Labute approximate surface area is 612 Å². The van der Waals surface area contributed by atoms with E-state index in [1.54, 1.807) is 0 Å². The minimum Gasteiger partial charge on any atom is -0.0649 e. The molecule has 0 heteroatoms. The zero-order chi connectivity index (χ0) is 72.2. The molecule has 10 aliphatic carbocycles. The molecule has 576 valence electrons. The van der Waals surface area contributed by atoms with Crippen LogP contribution >= 0.6 is 0 Å². The Bertz CT molecular complexity index is 1700. The standard InChI is InChI=1S/C14H28.C12H24.2C10H20.3C9H18.2C8H16.C7H14/c1-14(2)12-10-8-6-4-3-5-7-9-11-13-14;1-12(2)10-8-6-4-3-5-7-9-11-12;1-9(2,3)10(4)7-5-6-8-10;1-10(2)8-6-4-3-5-7-9-10;1-8(2)9(3)6-4-5-7-9;1-9(2)7-5-3-4-6-8-9;1-3-9(2)7-5-4-6-8-9;1-8(2)6-4-3-5-7-8;1-3-8(2)6-4-5-7-8;1-7(2)5-3-4-6-7/h3-13H2,1-2H3;3-11H2,1-2H3;5-8H2,1-4H3;3-9H2,1-2H3;8H,4-7H2,1-3H3;2*3-8H2,1-2H3;2*3-7H2,1-2H3;3-6H2,1-2H3. The largest absolute Gasteiger partial charge is 0.0649 e. The van der Waals surface area contributed by atoms with Gasteiger partial charge in [-0.15, -0.1) is 0 Å². The summed E-state index contributed by atoms with van der Waals surface area (Å²) in [5.41, 5.74) is 7.25. The molecule has 0 saturated heterocycles. The summed E-state index contributed by atoms with van der Waals surface area (Å²) in [6.07, 6.45) is 89.3. The van der Waals surface area contributed by atoms with Crippen molar-refractivity contribution in [2.24, 2.45) is 65.5 Å². The Kier molecular flexibility index (Phi) is 48.6. The van der Waals surface area contributed by atoms with Crippen LogP contribution in [0, 0.1) is 65.5 Å². The van der Waals surface area contributed by atoms with E-state index in [4.69, 9.17) is 0 Å². The summed E-state index contributed by atoms with van der Waals surface area (Å²) in [5, 5.41) is 0. The maximum Gasteiger partial charge on any atom is -0.0277 e. The predicted molar refractivity (Wildman–Crippen MR) is 442 cm³/mol. The van der Waals surface area contributed by atoms with E-state index < -0.39 is 0 Å². The molecule has 10 fully saturated rings. The Morgan fingerprint density at radius 1 is 0.198 bits per heavy atom. The lowest BCUT2D eigenvalue weighted by molar-refractivity contribution is 0.117. The van der Waals surface area contributed by atoms with E-state index >= 15 is 0 Å². The van der Waals surface area contributed by atoms with Crippen molar-refractivity contribution in [3.63, 3.8) is 0 Å². The lowest BCUT2D eigenvalue weighted by Gasteiger charge is -2.38. The Hall–Kier alpha value is 0. The average molecular weight is 1350 g/mol. The molecular weight excluding hydrogens is 1150 g/mol. The van der Waals surface area contributed by atoms with E-state index in [1.807, 2.05) is 0 Å². The third-order valence-electron chi connectivity index (χ3n) is 28.5. The quantitative estimate of drug-likeness (QED) is 0.247. The third kappa shape index (κ3) is 48.1. The molecule has 0 atom stereocenters. The summed E-state index contributed by atoms with van der Waals surface area (Å²) in [7, 11) is 0. The first kappa shape index (κ1) is 94.0. The zero-order valence-electron chi connectivity index (χ0n) is 72.2. The molecule has 0 heterocycles. The second kappa shape index (κ2) is 49.7. The molecule has 10 aliphatic rings. The number of rotatable bonds is 3. The van der Waals surface area contributed by atoms with Crippen LogP contribution in [-0.2, 0) is 0 Å². The highest BCUT2D eigenvalue weighted by Gasteiger charge is 2.39. The number of hydrogen-bond donors (Lipinski definition) is 0. The normalized spacial score (nSPS) is 26.5. The fraction of sp³-hybridized carbons (Fsp3) is 1.00. The van der Waals surface area contributed by atoms with Crippen molar-refractivity contribution >= 4 is 0 Å². The highest BCUT2D eigenvalue weighted by molar-refractivity contribution is 4.90. The fourth-order valence-corrected chi connectivity index (χ4v) is 18.2. The second-order valence-corrected chi connectivity index (χ2v) is 42.7. The lowest BCUT2D eigenvalue weighted by Crippen LogP contribution is -2.29. The molecule has 0 amide bonds. The first-order valence-corrected chi connectivity index (χ1v) is 44.9. The van der Waals surface area contributed by atoms with Crippen molar-refractivity contribution < 1.29 is 0 Å². The van der Waals surface area contributed by atoms with Gasteiger partial charge in [-0.05, 0) is 194 Å². The van der Waals surface area contributed by atoms with E-state index in [0.29, 0.717) is 48.7 Å². The van der Waals surface area contributed by atoms with Crippen LogP contribution in [0.5, 0.6) is 0 Å². The summed E-state index contributed by atoms with van der Waals surface area (Å²) >= 11 is 0. The topological polar surface area (TPSA) is 0 Å². The van der Waals surface area contributed by atoms with Gasteiger partial charge < -0.3 is 0 Å². The van der Waals surface area contributed by atoms with Gasteiger partial charge in [0.15, 0.2) is 0 Å². The molecule has 10 rings (SSSR count). The molecule has 0 N–H and O–H groups in total. The van der Waals surface area contributed by atoms with Gasteiger partial charge >= 0.3 is 0 Å². The van der Waals surface area contributed by atoms with Crippen molar-refractivity contribution in [2.75, 3.05) is 0 Å². The first-order chi connectivity index (χ1) is 44.9. The van der Waals surface area contributed by atoms with Gasteiger partial charge in [0, 0.05) is 0 Å². The lowest BCUT2D eigenvalue weighted by atomic mass is 9.67. The zero-order valence-corrected chi connectivity index (χ0v) is 72.2. The minimum atomic E-state index is 0.517. The van der Waals surface area contributed by atoms with E-state index in [9.17, 15) is 0 Å². The maximum atomic E-state index is 2.46. The van der Waals surface area contributed by atoms with Crippen molar-refractivity contribution in [3.8, 4) is 0 Å². The Morgan fingerprint density at radius 3 is 0.469 bits per heavy atom. The highest BCUT2D eigenvalue weighted by Crippen LogP contribution is 2.51. The predicted octanol–water partition coefficient (Wildman–Crippen LogP) is 35.7. The molecule has 10 saturated carbocycles. The smallest absolute Gasteiger partial charge is 0.0277 e. The van der Waals surface area contributed by atoms with Crippen LogP contribution in [0.1, 0.15) is 551 Å². The summed E-state index contributed by atoms with van der Waals surface area (Å²) in [5.74, 6) is 0.889. The molecule has 0 spiro atoms. The van der Waals surface area contributed by atoms with Gasteiger partial charge in [-0.3, -0.25) is 0 Å². The monoisotopic (exact) mass is 1350 g/mol. The molecule has 0 aromatic carbocycles. The van der Waals surface area contributed by atoms with Crippen LogP contribution in [0.2, 0.25) is 0 Å². The van der Waals surface area contributed by atoms with Crippen molar-refractivity contribution in [1.82, 2.24) is 0 Å². The molecule has 96 heavy (non-hydrogen) atoms. The minimum absolute atomic E-state index is 0.517. The number of hydrogen-bond acceptors (Lipinski definition) is 0.